The molecule has 0 radical (unpaired) electrons. The topological polar surface area (TPSA) is 204 Å². The predicted octanol–water partition coefficient (Wildman–Crippen LogP) is 3.78. The predicted molar refractivity (Wildman–Crippen MR) is 185 cm³/mol. The summed E-state index contributed by atoms with van der Waals surface area (Å²) in [6.07, 6.45) is -7.24. The normalized spacial score (nSPS) is 19.7. The summed E-state index contributed by atoms with van der Waals surface area (Å²) in [5.41, 5.74) is 8.28. The van der Waals surface area contributed by atoms with Crippen LogP contribution in [0.1, 0.15) is 27.7 Å². The molecule has 2 aromatic heterocycles. The Kier molecular flexibility index (Phi) is 11.3. The molecule has 2 aromatic carbocycles. The molecule has 268 valence electrons. The minimum absolute atomic E-state index is 0.146. The van der Waals surface area contributed by atoms with Gasteiger partial charge in [-0.15, -0.1) is 0 Å². The van der Waals surface area contributed by atoms with Crippen LogP contribution in [-0.4, -0.2) is 83.3 Å². The second-order valence-corrected chi connectivity index (χ2v) is 11.6. The second kappa shape index (κ2) is 15.8. The Morgan fingerprint density at radius 1 is 0.863 bits per heavy atom. The largest absolute Gasteiger partial charge is 0.497 e. The van der Waals surface area contributed by atoms with Crippen LogP contribution < -0.4 is 20.7 Å². The highest BCUT2D eigenvalue weighted by molar-refractivity contribution is 7.80. The third kappa shape index (κ3) is 8.68. The van der Waals surface area contributed by atoms with Gasteiger partial charge in [0.2, 0.25) is 5.95 Å². The summed E-state index contributed by atoms with van der Waals surface area (Å²) in [7, 11) is 1.55. The fraction of sp³-hybridized carbons (Fsp3) is 0.324. The number of nitrogens with one attached hydrogen (secondary N) is 1. The van der Waals surface area contributed by atoms with Crippen molar-refractivity contribution >= 4 is 69.8 Å². The van der Waals surface area contributed by atoms with Crippen LogP contribution in [0.2, 0.25) is 0 Å². The van der Waals surface area contributed by atoms with Crippen molar-refractivity contribution in [3.8, 4) is 17.1 Å². The van der Waals surface area contributed by atoms with E-state index in [4.69, 9.17) is 60.8 Å². The Morgan fingerprint density at radius 3 is 2.08 bits per heavy atom. The number of nitrogens with two attached hydrogens (primary N) is 1. The second-order valence-electron chi connectivity index (χ2n) is 11.2. The maximum atomic E-state index is 12.5. The van der Waals surface area contributed by atoms with Crippen molar-refractivity contribution in [2.45, 2.75) is 58.3 Å². The van der Waals surface area contributed by atoms with Crippen LogP contribution in [0, 0.1) is 0 Å². The van der Waals surface area contributed by atoms with Gasteiger partial charge < -0.3 is 43.9 Å². The van der Waals surface area contributed by atoms with Gasteiger partial charge in [-0.25, -0.2) is 4.98 Å². The molecule has 0 unspecified atom stereocenters. The van der Waals surface area contributed by atoms with Gasteiger partial charge in [-0.2, -0.15) is 4.98 Å². The Bertz CT molecular complexity index is 1920. The van der Waals surface area contributed by atoms with Crippen molar-refractivity contribution in [3.05, 3.63) is 60.7 Å². The Balaban J connectivity index is 1.68. The van der Waals surface area contributed by atoms with E-state index in [9.17, 15) is 19.2 Å². The SMILES string of the molecule is COc1ccc(Nc2nc(N(C(N)=S)[C@@H]3O[C@H](COC(C)=O)[C@@H](OC(C)=O)[C@H](OC(C)=O)[C@H]3OC(C)=O)nc3cc(-c4ccccc4)oc23)cc1. The Morgan fingerprint density at radius 2 is 1.49 bits per heavy atom. The van der Waals surface area contributed by atoms with Crippen molar-refractivity contribution in [1.29, 1.82) is 0 Å². The Hall–Kier alpha value is -5.81. The van der Waals surface area contributed by atoms with Gasteiger partial charge in [-0.3, -0.25) is 24.1 Å². The zero-order valence-electron chi connectivity index (χ0n) is 28.2. The van der Waals surface area contributed by atoms with Crippen LogP contribution in [0.25, 0.3) is 22.4 Å². The van der Waals surface area contributed by atoms with Crippen LogP contribution in [-0.2, 0) is 42.9 Å². The van der Waals surface area contributed by atoms with Crippen LogP contribution in [0.4, 0.5) is 17.5 Å². The molecule has 16 nitrogen and oxygen atoms in total. The fourth-order valence-electron chi connectivity index (χ4n) is 5.42. The molecule has 0 spiro atoms. The lowest BCUT2D eigenvalue weighted by Crippen LogP contribution is -2.67. The van der Waals surface area contributed by atoms with Gasteiger partial charge in [0.1, 0.15) is 29.7 Å². The number of fused-ring (bicyclic) bond motifs is 1. The van der Waals surface area contributed by atoms with E-state index >= 15 is 0 Å². The van der Waals surface area contributed by atoms with Crippen molar-refractivity contribution in [2.24, 2.45) is 5.73 Å². The molecule has 51 heavy (non-hydrogen) atoms. The van der Waals surface area contributed by atoms with Crippen molar-refractivity contribution in [3.63, 3.8) is 0 Å². The van der Waals surface area contributed by atoms with Crippen molar-refractivity contribution < 1.29 is 52.0 Å². The van der Waals surface area contributed by atoms with Crippen LogP contribution >= 0.6 is 12.2 Å². The molecular weight excluding hydrogens is 686 g/mol. The maximum Gasteiger partial charge on any atom is 0.303 e. The number of carbonyl (C=O) groups excluding carboxylic acids is 4. The summed E-state index contributed by atoms with van der Waals surface area (Å²) >= 11 is 5.49. The first-order chi connectivity index (χ1) is 24.3. The van der Waals surface area contributed by atoms with Gasteiger partial charge in [0.15, 0.2) is 41.1 Å². The zero-order chi connectivity index (χ0) is 36.8. The summed E-state index contributed by atoms with van der Waals surface area (Å²) in [5.74, 6) is -1.93. The van der Waals surface area contributed by atoms with Gasteiger partial charge >= 0.3 is 23.9 Å². The van der Waals surface area contributed by atoms with E-state index in [-0.39, 0.29) is 22.5 Å². The number of hydrogen-bond donors (Lipinski definition) is 2. The lowest BCUT2D eigenvalue weighted by Gasteiger charge is -2.47. The summed E-state index contributed by atoms with van der Waals surface area (Å²) in [6, 6.07) is 18.0. The highest BCUT2D eigenvalue weighted by Crippen LogP contribution is 2.37. The van der Waals surface area contributed by atoms with E-state index in [1.54, 1.807) is 37.4 Å². The highest BCUT2D eigenvalue weighted by atomic mass is 32.1. The number of nitrogens with zero attached hydrogens (tertiary/aromatic N) is 3. The molecule has 4 aromatic rings. The molecule has 0 amide bonds. The van der Waals surface area contributed by atoms with E-state index < -0.39 is 61.1 Å². The summed E-state index contributed by atoms with van der Waals surface area (Å²) in [6.45, 7) is 4.06. The average Bonchev–Trinajstić information content (AvgIpc) is 3.51. The monoisotopic (exact) mass is 721 g/mol. The lowest BCUT2D eigenvalue weighted by atomic mass is 9.96. The number of hydrogen-bond acceptors (Lipinski definition) is 15. The van der Waals surface area contributed by atoms with Crippen LogP contribution in [0.15, 0.2) is 65.1 Å². The number of furan rings is 1. The minimum Gasteiger partial charge on any atom is -0.497 e. The number of ether oxygens (including phenoxy) is 6. The minimum atomic E-state index is -1.53. The van der Waals surface area contributed by atoms with Gasteiger partial charge in [-0.1, -0.05) is 30.3 Å². The molecule has 1 aliphatic heterocycles. The van der Waals surface area contributed by atoms with Crippen LogP contribution in [0.3, 0.4) is 0 Å². The number of methoxy groups -OCH3 is 1. The first-order valence-corrected chi connectivity index (χ1v) is 15.9. The van der Waals surface area contributed by atoms with Gasteiger partial charge in [0.05, 0.1) is 7.11 Å². The van der Waals surface area contributed by atoms with E-state index in [2.05, 4.69) is 5.32 Å². The molecule has 0 bridgehead atoms. The van der Waals surface area contributed by atoms with Gasteiger partial charge in [0.25, 0.3) is 0 Å². The number of aromatic nitrogens is 2. The van der Waals surface area contributed by atoms with E-state index in [1.807, 2.05) is 30.3 Å². The molecule has 3 N–H and O–H groups in total. The molecule has 1 saturated heterocycles. The standard InChI is InChI=1S/C34H35N5O11S/c1-17(40)45-16-26-28(46-18(2)41)29(47-19(3)42)30(48-20(4)43)32(50-26)39(33(35)51)34-37-24-15-25(21-9-7-6-8-10-21)49-27(24)31(38-34)36-22-11-13-23(44-5)14-12-22/h6-15,26,28-30,32H,16H2,1-5H3,(H2,35,51)(H,36,37,38)/t26-,28-,29+,30-,32-/m1/s1. The van der Waals surface area contributed by atoms with E-state index in [0.717, 1.165) is 31.2 Å². The molecule has 0 aliphatic carbocycles. The van der Waals surface area contributed by atoms with Gasteiger partial charge in [0, 0.05) is 45.0 Å². The lowest BCUT2D eigenvalue weighted by molar-refractivity contribution is -0.250. The van der Waals surface area contributed by atoms with Crippen LogP contribution in [0.5, 0.6) is 5.75 Å². The molecule has 1 fully saturated rings. The number of rotatable bonds is 11. The highest BCUT2D eigenvalue weighted by Gasteiger charge is 2.55. The molecule has 0 saturated carbocycles. The average molecular weight is 722 g/mol. The van der Waals surface area contributed by atoms with Gasteiger partial charge in [-0.05, 0) is 36.5 Å². The first kappa shape index (κ1) is 36.5. The summed E-state index contributed by atoms with van der Waals surface area (Å²) < 4.78 is 39.8. The van der Waals surface area contributed by atoms with E-state index in [0.29, 0.717) is 22.7 Å². The zero-order valence-corrected chi connectivity index (χ0v) is 29.0. The van der Waals surface area contributed by atoms with E-state index in [1.165, 1.54) is 6.92 Å². The molecule has 17 heteroatoms. The molecule has 3 heterocycles. The molecule has 1 aliphatic rings. The smallest absolute Gasteiger partial charge is 0.303 e. The quantitative estimate of drug-likeness (QED) is 0.128. The number of esters is 4. The number of thiocarbonyl (C=S) groups is 1. The van der Waals surface area contributed by atoms with Crippen molar-refractivity contribution in [1.82, 2.24) is 9.97 Å². The number of benzene rings is 2. The third-order valence-electron chi connectivity index (χ3n) is 7.44. The third-order valence-corrected chi connectivity index (χ3v) is 7.64. The number of anilines is 3. The first-order valence-electron chi connectivity index (χ1n) is 15.5. The molecular formula is C34H35N5O11S. The fourth-order valence-corrected chi connectivity index (χ4v) is 5.60. The van der Waals surface area contributed by atoms with Crippen molar-refractivity contribution in [2.75, 3.05) is 23.9 Å². The Labute approximate surface area is 297 Å². The maximum absolute atomic E-state index is 12.5. The molecule has 5 rings (SSSR count). The number of carbonyl (C=O) groups is 4. The molecule has 5 atom stereocenters. The summed E-state index contributed by atoms with van der Waals surface area (Å²) in [5, 5.41) is 2.88. The summed E-state index contributed by atoms with van der Waals surface area (Å²) in [4.78, 5) is 59.6.